The number of aryl methyl sites for hydroxylation is 3. The van der Waals surface area contributed by atoms with E-state index in [1.165, 1.54) is 24.3 Å². The quantitative estimate of drug-likeness (QED) is 0.650. The van der Waals surface area contributed by atoms with Gasteiger partial charge in [0.15, 0.2) is 0 Å². The Morgan fingerprint density at radius 1 is 0.897 bits per heavy atom. The monoisotopic (exact) mass is 410 g/mol. The second kappa shape index (κ2) is 7.97. The normalized spacial score (nSPS) is 11.1. The number of urea groups is 1. The molecule has 0 saturated carbocycles. The van der Waals surface area contributed by atoms with Gasteiger partial charge < -0.3 is 10.4 Å². The van der Waals surface area contributed by atoms with Crippen LogP contribution < -0.4 is 9.62 Å². The summed E-state index contributed by atoms with van der Waals surface area (Å²) in [4.78, 5) is 13.1. The first-order chi connectivity index (χ1) is 13.7. The summed E-state index contributed by atoms with van der Waals surface area (Å²) in [6, 6.07) is 16.9. The maximum Gasteiger partial charge on any atom is 0.340 e. The van der Waals surface area contributed by atoms with Crippen LogP contribution in [0.15, 0.2) is 71.6 Å². The number of benzene rings is 3. The second-order valence-corrected chi connectivity index (χ2v) is 8.59. The van der Waals surface area contributed by atoms with Crippen LogP contribution >= 0.6 is 0 Å². The zero-order valence-electron chi connectivity index (χ0n) is 16.4. The standard InChI is InChI=1S/C22H22N2O4S/c1-15-9-11-18(12-10-15)23-22(26)24(19-13-16(2)21(25)17(3)14-19)29(27,28)20-7-5-4-6-8-20/h4-14,25H,1-3H3,(H,23,26). The number of nitrogens with zero attached hydrogens (tertiary/aromatic N) is 1. The number of aromatic hydroxyl groups is 1. The molecule has 0 fully saturated rings. The van der Waals surface area contributed by atoms with Gasteiger partial charge in [0, 0.05) is 5.69 Å². The number of phenols is 1. The molecular formula is C22H22N2O4S. The van der Waals surface area contributed by atoms with Crippen LogP contribution in [-0.4, -0.2) is 19.6 Å². The van der Waals surface area contributed by atoms with Crippen LogP contribution in [0, 0.1) is 20.8 Å². The molecule has 0 aliphatic rings. The largest absolute Gasteiger partial charge is 0.507 e. The summed E-state index contributed by atoms with van der Waals surface area (Å²) < 4.78 is 27.4. The number of hydrogen-bond donors (Lipinski definition) is 2. The minimum absolute atomic E-state index is 0.0116. The minimum Gasteiger partial charge on any atom is -0.507 e. The second-order valence-electron chi connectivity index (χ2n) is 6.81. The van der Waals surface area contributed by atoms with Gasteiger partial charge in [0.25, 0.3) is 10.0 Å². The van der Waals surface area contributed by atoms with Gasteiger partial charge in [-0.2, -0.15) is 4.31 Å². The van der Waals surface area contributed by atoms with E-state index in [9.17, 15) is 18.3 Å². The van der Waals surface area contributed by atoms with E-state index in [-0.39, 0.29) is 16.3 Å². The maximum absolute atomic E-state index is 13.3. The number of carbonyl (C=O) groups is 1. The molecule has 6 nitrogen and oxygen atoms in total. The van der Waals surface area contributed by atoms with Crippen molar-refractivity contribution in [2.45, 2.75) is 25.7 Å². The Bertz CT molecular complexity index is 1120. The van der Waals surface area contributed by atoms with Crippen molar-refractivity contribution in [1.29, 1.82) is 0 Å². The molecule has 0 aliphatic carbocycles. The van der Waals surface area contributed by atoms with E-state index in [2.05, 4.69) is 5.32 Å². The van der Waals surface area contributed by atoms with Crippen LogP contribution in [0.5, 0.6) is 5.75 Å². The molecule has 0 aromatic heterocycles. The lowest BCUT2D eigenvalue weighted by Crippen LogP contribution is -2.40. The number of nitrogens with one attached hydrogen (secondary N) is 1. The van der Waals surface area contributed by atoms with Crippen molar-refractivity contribution in [3.63, 3.8) is 0 Å². The lowest BCUT2D eigenvalue weighted by Gasteiger charge is -2.24. The number of carbonyl (C=O) groups excluding carboxylic acids is 1. The van der Waals surface area contributed by atoms with Gasteiger partial charge in [0.2, 0.25) is 0 Å². The molecule has 0 aliphatic heterocycles. The Balaban J connectivity index is 2.11. The molecule has 0 bridgehead atoms. The molecule has 7 heteroatoms. The summed E-state index contributed by atoms with van der Waals surface area (Å²) in [5, 5.41) is 12.7. The number of rotatable bonds is 4. The highest BCUT2D eigenvalue weighted by Gasteiger charge is 2.32. The van der Waals surface area contributed by atoms with Gasteiger partial charge in [-0.3, -0.25) is 0 Å². The van der Waals surface area contributed by atoms with Crippen molar-refractivity contribution >= 4 is 27.4 Å². The summed E-state index contributed by atoms with van der Waals surface area (Å²) in [6.45, 7) is 5.22. The summed E-state index contributed by atoms with van der Waals surface area (Å²) in [7, 11) is -4.19. The van der Waals surface area contributed by atoms with Gasteiger partial charge in [-0.1, -0.05) is 35.9 Å². The van der Waals surface area contributed by atoms with Crippen molar-refractivity contribution < 1.29 is 18.3 Å². The summed E-state index contributed by atoms with van der Waals surface area (Å²) in [6.07, 6.45) is 0. The lowest BCUT2D eigenvalue weighted by molar-refractivity contribution is 0.259. The summed E-state index contributed by atoms with van der Waals surface area (Å²) >= 11 is 0. The number of hydrogen-bond acceptors (Lipinski definition) is 4. The van der Waals surface area contributed by atoms with E-state index in [1.807, 2.05) is 19.1 Å². The molecule has 2 N–H and O–H groups in total. The lowest BCUT2D eigenvalue weighted by atomic mass is 10.1. The van der Waals surface area contributed by atoms with Crippen LogP contribution in [0.1, 0.15) is 16.7 Å². The van der Waals surface area contributed by atoms with Gasteiger partial charge in [-0.25, -0.2) is 13.2 Å². The first-order valence-electron chi connectivity index (χ1n) is 8.98. The van der Waals surface area contributed by atoms with Crippen molar-refractivity contribution in [2.75, 3.05) is 9.62 Å². The van der Waals surface area contributed by atoms with E-state index in [0.29, 0.717) is 16.8 Å². The average molecular weight is 410 g/mol. The molecule has 3 rings (SSSR count). The van der Waals surface area contributed by atoms with Gasteiger partial charge in [-0.05, 0) is 68.3 Å². The molecule has 0 unspecified atom stereocenters. The first-order valence-corrected chi connectivity index (χ1v) is 10.4. The third kappa shape index (κ3) is 4.25. The fraction of sp³-hybridized carbons (Fsp3) is 0.136. The molecule has 0 heterocycles. The van der Waals surface area contributed by atoms with E-state index in [1.54, 1.807) is 44.2 Å². The SMILES string of the molecule is Cc1ccc(NC(=O)N(c2cc(C)c(O)c(C)c2)S(=O)(=O)c2ccccc2)cc1. The zero-order chi connectivity index (χ0) is 21.2. The summed E-state index contributed by atoms with van der Waals surface area (Å²) in [5.41, 5.74) is 2.57. The average Bonchev–Trinajstić information content (AvgIpc) is 2.68. The van der Waals surface area contributed by atoms with Crippen LogP contribution in [0.2, 0.25) is 0 Å². The van der Waals surface area contributed by atoms with Crippen LogP contribution in [-0.2, 0) is 10.0 Å². The Morgan fingerprint density at radius 3 is 2.00 bits per heavy atom. The van der Waals surface area contributed by atoms with Gasteiger partial charge in [0.05, 0.1) is 10.6 Å². The van der Waals surface area contributed by atoms with Crippen molar-refractivity contribution in [1.82, 2.24) is 0 Å². The molecule has 0 spiro atoms. The number of amides is 2. The first kappa shape index (κ1) is 20.4. The van der Waals surface area contributed by atoms with Gasteiger partial charge >= 0.3 is 6.03 Å². The Morgan fingerprint density at radius 2 is 1.45 bits per heavy atom. The molecule has 0 atom stereocenters. The fourth-order valence-electron chi connectivity index (χ4n) is 2.92. The zero-order valence-corrected chi connectivity index (χ0v) is 17.2. The van der Waals surface area contributed by atoms with Crippen LogP contribution in [0.25, 0.3) is 0 Å². The topological polar surface area (TPSA) is 86.7 Å². The van der Waals surface area contributed by atoms with Crippen molar-refractivity contribution in [3.05, 3.63) is 83.4 Å². The van der Waals surface area contributed by atoms with Crippen LogP contribution in [0.4, 0.5) is 16.2 Å². The number of phenolic OH excluding ortho intramolecular Hbond substituents is 1. The van der Waals surface area contributed by atoms with Gasteiger partial charge in [-0.15, -0.1) is 0 Å². The summed E-state index contributed by atoms with van der Waals surface area (Å²) in [5.74, 6) is 0.0600. The molecule has 150 valence electrons. The molecule has 0 saturated heterocycles. The predicted molar refractivity (Wildman–Crippen MR) is 114 cm³/mol. The van der Waals surface area contributed by atoms with Crippen molar-refractivity contribution in [2.24, 2.45) is 0 Å². The molecule has 3 aromatic rings. The molecule has 0 radical (unpaired) electrons. The fourth-order valence-corrected chi connectivity index (χ4v) is 4.28. The van der Waals surface area contributed by atoms with Gasteiger partial charge in [0.1, 0.15) is 5.75 Å². The van der Waals surface area contributed by atoms with E-state index in [4.69, 9.17) is 0 Å². The third-order valence-corrected chi connectivity index (χ3v) is 6.20. The Hall–Kier alpha value is -3.32. The Labute approximate surface area is 170 Å². The van der Waals surface area contributed by atoms with Crippen LogP contribution in [0.3, 0.4) is 0 Å². The highest BCUT2D eigenvalue weighted by Crippen LogP contribution is 2.31. The smallest absolute Gasteiger partial charge is 0.340 e. The van der Waals surface area contributed by atoms with Crippen molar-refractivity contribution in [3.8, 4) is 5.75 Å². The minimum atomic E-state index is -4.19. The molecule has 2 amide bonds. The Kier molecular flexibility index (Phi) is 5.61. The highest BCUT2D eigenvalue weighted by atomic mass is 32.2. The molecule has 3 aromatic carbocycles. The third-order valence-electron chi connectivity index (χ3n) is 4.48. The maximum atomic E-state index is 13.3. The predicted octanol–water partition coefficient (Wildman–Crippen LogP) is 4.74. The number of anilines is 2. The molecular weight excluding hydrogens is 388 g/mol. The molecule has 29 heavy (non-hydrogen) atoms. The highest BCUT2D eigenvalue weighted by molar-refractivity contribution is 7.93. The number of sulfonamides is 1. The van der Waals surface area contributed by atoms with E-state index >= 15 is 0 Å². The van der Waals surface area contributed by atoms with E-state index in [0.717, 1.165) is 9.87 Å². The van der Waals surface area contributed by atoms with E-state index < -0.39 is 16.1 Å².